The molecule has 3 heterocycles. The van der Waals surface area contributed by atoms with Crippen molar-refractivity contribution < 1.29 is 9.47 Å². The monoisotopic (exact) mass is 478 g/mol. The summed E-state index contributed by atoms with van der Waals surface area (Å²) in [6.07, 6.45) is 0. The predicted molar refractivity (Wildman–Crippen MR) is 68.3 cm³/mol. The van der Waals surface area contributed by atoms with Crippen LogP contribution >= 0.6 is 23.5 Å². The molecular formula is C9H14O2S2Te2. The van der Waals surface area contributed by atoms with Gasteiger partial charge in [-0.2, -0.15) is 0 Å². The van der Waals surface area contributed by atoms with Crippen LogP contribution in [0.15, 0.2) is 0 Å². The summed E-state index contributed by atoms with van der Waals surface area (Å²) in [6, 6.07) is 0. The molecular weight excluding hydrogens is 459 g/mol. The van der Waals surface area contributed by atoms with E-state index in [9.17, 15) is 0 Å². The van der Waals surface area contributed by atoms with Crippen LogP contribution in [-0.2, 0) is 9.47 Å². The summed E-state index contributed by atoms with van der Waals surface area (Å²) < 4.78 is 14.8. The number of rotatable bonds is 6. The average Bonchev–Trinajstić information content (AvgIpc) is 3.14. The molecule has 86 valence electrons. The van der Waals surface area contributed by atoms with Crippen LogP contribution in [0.2, 0.25) is 2.52 Å². The molecule has 15 heavy (non-hydrogen) atoms. The maximum atomic E-state index is 6.03. The van der Waals surface area contributed by atoms with Crippen LogP contribution in [0.5, 0.6) is 0 Å². The van der Waals surface area contributed by atoms with Crippen molar-refractivity contribution >= 4 is 65.4 Å². The van der Waals surface area contributed by atoms with Gasteiger partial charge in [-0.05, 0) is 0 Å². The third kappa shape index (κ3) is 4.11. The summed E-state index contributed by atoms with van der Waals surface area (Å²) in [5.41, 5.74) is 0. The molecule has 0 aliphatic carbocycles. The van der Waals surface area contributed by atoms with Crippen LogP contribution in [-0.4, -0.2) is 85.4 Å². The second-order valence-electron chi connectivity index (χ2n) is 3.77. The first-order chi connectivity index (χ1) is 7.42. The van der Waals surface area contributed by atoms with Gasteiger partial charge in [0.25, 0.3) is 0 Å². The molecule has 0 radical (unpaired) electrons. The second-order valence-corrected chi connectivity index (χ2v) is 16.2. The fourth-order valence-electron chi connectivity index (χ4n) is 1.32. The molecule has 0 aromatic rings. The molecule has 0 bridgehead atoms. The van der Waals surface area contributed by atoms with Crippen LogP contribution in [0.3, 0.4) is 0 Å². The topological polar surface area (TPSA) is 18.5 Å². The molecule has 6 heteroatoms. The van der Waals surface area contributed by atoms with Gasteiger partial charge in [0.05, 0.1) is 0 Å². The summed E-state index contributed by atoms with van der Waals surface area (Å²) in [5.74, 6) is 2.66. The normalized spacial score (nSPS) is 43.2. The van der Waals surface area contributed by atoms with Gasteiger partial charge in [-0.15, -0.1) is 0 Å². The first-order valence-corrected chi connectivity index (χ1v) is 13.2. The molecule has 4 unspecified atom stereocenters. The summed E-state index contributed by atoms with van der Waals surface area (Å²) in [4.78, 5) is 0. The second kappa shape index (κ2) is 5.89. The van der Waals surface area contributed by atoms with E-state index < -0.39 is 0 Å². The molecule has 3 aliphatic heterocycles. The van der Waals surface area contributed by atoms with Gasteiger partial charge in [0.1, 0.15) is 0 Å². The van der Waals surface area contributed by atoms with Crippen molar-refractivity contribution in [1.29, 1.82) is 0 Å². The van der Waals surface area contributed by atoms with Crippen molar-refractivity contribution in [3.63, 3.8) is 0 Å². The minimum absolute atomic E-state index is 0.141. The van der Waals surface area contributed by atoms with Crippen LogP contribution in [0.1, 0.15) is 0 Å². The van der Waals surface area contributed by atoms with E-state index in [4.69, 9.17) is 9.47 Å². The zero-order valence-electron chi connectivity index (χ0n) is 8.29. The molecule has 0 N–H and O–H groups in total. The molecule has 0 amide bonds. The fourth-order valence-corrected chi connectivity index (χ4v) is 15.1. The minimum atomic E-state index is 0.141. The zero-order chi connectivity index (χ0) is 10.1. The van der Waals surface area contributed by atoms with E-state index in [1.165, 1.54) is 11.5 Å². The summed E-state index contributed by atoms with van der Waals surface area (Å²) >= 11 is 4.36. The first kappa shape index (κ1) is 12.2. The van der Waals surface area contributed by atoms with Gasteiger partial charge in [-0.1, -0.05) is 0 Å². The van der Waals surface area contributed by atoms with Gasteiger partial charge < -0.3 is 0 Å². The van der Waals surface area contributed by atoms with Crippen molar-refractivity contribution in [2.75, 3.05) is 24.7 Å². The Bertz CT molecular complexity index is 202. The number of hydrogen-bond donors (Lipinski definition) is 0. The van der Waals surface area contributed by atoms with Gasteiger partial charge in [-0.25, -0.2) is 0 Å². The molecule has 0 aromatic carbocycles. The number of thioether (sulfide) groups is 2. The van der Waals surface area contributed by atoms with Gasteiger partial charge >= 0.3 is 121 Å². The molecule has 0 aromatic heterocycles. The van der Waals surface area contributed by atoms with Crippen molar-refractivity contribution in [2.45, 2.75) is 21.3 Å². The quantitative estimate of drug-likeness (QED) is 0.418. The van der Waals surface area contributed by atoms with Gasteiger partial charge in [0, 0.05) is 0 Å². The summed E-state index contributed by atoms with van der Waals surface area (Å²) in [5, 5.41) is 1.66. The molecule has 2 nitrogen and oxygen atoms in total. The van der Waals surface area contributed by atoms with Crippen molar-refractivity contribution in [1.82, 2.24) is 0 Å². The Kier molecular flexibility index (Phi) is 4.81. The Balaban J connectivity index is 1.38. The Morgan fingerprint density at radius 2 is 1.40 bits per heavy atom. The average molecular weight is 474 g/mol. The maximum absolute atomic E-state index is 6.03. The van der Waals surface area contributed by atoms with Gasteiger partial charge in [0.15, 0.2) is 0 Å². The summed E-state index contributed by atoms with van der Waals surface area (Å²) in [7, 11) is 0. The Morgan fingerprint density at radius 3 is 1.80 bits per heavy atom. The number of hydrogen-bond acceptors (Lipinski definition) is 4. The summed E-state index contributed by atoms with van der Waals surface area (Å²) in [6.45, 7) is 2.01. The Hall–Kier alpha value is 2.20. The zero-order valence-corrected chi connectivity index (χ0v) is 14.6. The Morgan fingerprint density at radius 1 is 0.933 bits per heavy atom. The van der Waals surface area contributed by atoms with E-state index in [1.54, 1.807) is 2.52 Å². The predicted octanol–water partition coefficient (Wildman–Crippen LogP) is 0.700. The molecule has 3 fully saturated rings. The van der Waals surface area contributed by atoms with Crippen LogP contribution in [0.25, 0.3) is 0 Å². The number of ether oxygens (including phenoxy) is 2. The van der Waals surface area contributed by atoms with Crippen molar-refractivity contribution in [2.24, 2.45) is 0 Å². The van der Waals surface area contributed by atoms with E-state index in [0.717, 1.165) is 23.7 Å². The third-order valence-electron chi connectivity index (χ3n) is 2.38. The SMILES string of the molecule is C1[Te]C(OCC2CS2)C(OCC2CS2)[Te]1. The molecule has 3 saturated heterocycles. The van der Waals surface area contributed by atoms with Gasteiger partial charge in [0.2, 0.25) is 0 Å². The standard InChI is InChI=1S/C9H14O2S2Te2/c1(6-3-12-6)10-8-9(15-5-14-8)11-2-7-4-13-7/h6-9H,1-5H2. The van der Waals surface area contributed by atoms with Crippen LogP contribution < -0.4 is 0 Å². The molecule has 0 spiro atoms. The van der Waals surface area contributed by atoms with Crippen LogP contribution in [0.4, 0.5) is 0 Å². The van der Waals surface area contributed by atoms with E-state index in [2.05, 4.69) is 0 Å². The Labute approximate surface area is 120 Å². The fraction of sp³-hybridized carbons (Fsp3) is 1.00. The molecule has 3 aliphatic rings. The van der Waals surface area contributed by atoms with Crippen molar-refractivity contribution in [3.05, 3.63) is 0 Å². The van der Waals surface area contributed by atoms with E-state index >= 15 is 0 Å². The van der Waals surface area contributed by atoms with E-state index in [0.29, 0.717) is 8.30 Å². The van der Waals surface area contributed by atoms with Gasteiger partial charge in [-0.3, -0.25) is 0 Å². The molecule has 3 rings (SSSR count). The molecule has 4 atom stereocenters. The third-order valence-corrected chi connectivity index (χ3v) is 16.0. The van der Waals surface area contributed by atoms with E-state index in [-0.39, 0.29) is 41.8 Å². The van der Waals surface area contributed by atoms with E-state index in [1.807, 2.05) is 23.5 Å². The van der Waals surface area contributed by atoms with Crippen molar-refractivity contribution in [3.8, 4) is 0 Å². The molecule has 0 saturated carbocycles. The first-order valence-electron chi connectivity index (χ1n) is 5.11. The van der Waals surface area contributed by atoms with Crippen LogP contribution in [0, 0.1) is 0 Å².